The average molecular weight is 528 g/mol. The predicted molar refractivity (Wildman–Crippen MR) is 151 cm³/mol. The zero-order valence-electron chi connectivity index (χ0n) is 22.8. The third-order valence-electron chi connectivity index (χ3n) is 6.02. The van der Waals surface area contributed by atoms with Gasteiger partial charge in [-0.3, -0.25) is 9.59 Å². The predicted octanol–water partition coefficient (Wildman–Crippen LogP) is 5.11. The molecular formula is C29H41N3O4S. The molecule has 2 atom stereocenters. The number of aryl methyl sites for hydroxylation is 1. The van der Waals surface area contributed by atoms with Crippen LogP contribution in [0.3, 0.4) is 0 Å². The molecule has 7 nitrogen and oxygen atoms in total. The van der Waals surface area contributed by atoms with Crippen LogP contribution in [0.2, 0.25) is 0 Å². The van der Waals surface area contributed by atoms with Crippen molar-refractivity contribution in [1.29, 1.82) is 0 Å². The number of alkyl carbamates (subject to hydrolysis) is 1. The van der Waals surface area contributed by atoms with Crippen molar-refractivity contribution in [2.24, 2.45) is 0 Å². The Labute approximate surface area is 226 Å². The third-order valence-corrected chi connectivity index (χ3v) is 6.38. The van der Waals surface area contributed by atoms with Crippen molar-refractivity contribution in [3.8, 4) is 0 Å². The molecule has 0 aliphatic rings. The second-order valence-corrected chi connectivity index (χ2v) is 10.5. The van der Waals surface area contributed by atoms with Crippen LogP contribution >= 0.6 is 12.6 Å². The number of hydrogen-bond donors (Lipinski definition) is 3. The van der Waals surface area contributed by atoms with E-state index in [2.05, 4.69) is 23.3 Å². The van der Waals surface area contributed by atoms with Gasteiger partial charge >= 0.3 is 6.09 Å². The van der Waals surface area contributed by atoms with Crippen molar-refractivity contribution < 1.29 is 19.1 Å². The molecule has 2 unspecified atom stereocenters. The van der Waals surface area contributed by atoms with E-state index in [-0.39, 0.29) is 17.6 Å². The first kappa shape index (κ1) is 30.2. The van der Waals surface area contributed by atoms with Gasteiger partial charge in [0, 0.05) is 18.8 Å². The molecule has 0 spiro atoms. The zero-order chi connectivity index (χ0) is 27.6. The number of amides is 3. The van der Waals surface area contributed by atoms with E-state index in [1.165, 1.54) is 0 Å². The van der Waals surface area contributed by atoms with Gasteiger partial charge < -0.3 is 20.3 Å². The number of rotatable bonds is 11. The average Bonchev–Trinajstić information content (AvgIpc) is 2.85. The summed E-state index contributed by atoms with van der Waals surface area (Å²) >= 11 is 4.34. The Hall–Kier alpha value is -3.00. The maximum absolute atomic E-state index is 13.9. The summed E-state index contributed by atoms with van der Waals surface area (Å²) in [5, 5.41) is 5.67. The summed E-state index contributed by atoms with van der Waals surface area (Å²) in [6.45, 7) is 11.9. The highest BCUT2D eigenvalue weighted by molar-refractivity contribution is 7.80. The summed E-state index contributed by atoms with van der Waals surface area (Å²) in [5.41, 5.74) is 2.97. The maximum Gasteiger partial charge on any atom is 0.408 e. The Morgan fingerprint density at radius 3 is 2.30 bits per heavy atom. The third kappa shape index (κ3) is 9.11. The molecule has 3 amide bonds. The van der Waals surface area contributed by atoms with Crippen molar-refractivity contribution >= 4 is 30.5 Å². The second-order valence-electron chi connectivity index (χ2n) is 10.2. The molecule has 0 aliphatic carbocycles. The summed E-state index contributed by atoms with van der Waals surface area (Å²) in [4.78, 5) is 41.7. The lowest BCUT2D eigenvalue weighted by Crippen LogP contribution is -2.54. The monoisotopic (exact) mass is 527 g/mol. The van der Waals surface area contributed by atoms with Crippen LogP contribution in [0.4, 0.5) is 4.79 Å². The molecule has 0 radical (unpaired) electrons. The minimum atomic E-state index is -0.954. The van der Waals surface area contributed by atoms with Crippen molar-refractivity contribution in [1.82, 2.24) is 15.5 Å². The van der Waals surface area contributed by atoms with Crippen LogP contribution in [0.1, 0.15) is 68.8 Å². The van der Waals surface area contributed by atoms with E-state index in [0.29, 0.717) is 19.5 Å². The van der Waals surface area contributed by atoms with Gasteiger partial charge in [0.2, 0.25) is 11.8 Å². The van der Waals surface area contributed by atoms with E-state index >= 15 is 0 Å². The van der Waals surface area contributed by atoms with Crippen molar-refractivity contribution in [2.45, 2.75) is 78.6 Å². The van der Waals surface area contributed by atoms with Crippen LogP contribution in [0.25, 0.3) is 0 Å². The summed E-state index contributed by atoms with van der Waals surface area (Å²) in [6, 6.07) is 13.6. The number of ether oxygens (including phenoxy) is 1. The first-order valence-electron chi connectivity index (χ1n) is 12.8. The zero-order valence-corrected chi connectivity index (χ0v) is 23.7. The van der Waals surface area contributed by atoms with Crippen molar-refractivity contribution in [3.05, 3.63) is 70.8 Å². The van der Waals surface area contributed by atoms with Crippen molar-refractivity contribution in [2.75, 3.05) is 12.3 Å². The molecule has 2 aromatic rings. The normalized spacial score (nSPS) is 12.8. The van der Waals surface area contributed by atoms with Gasteiger partial charge in [-0.25, -0.2) is 4.79 Å². The van der Waals surface area contributed by atoms with Crippen LogP contribution in [-0.4, -0.2) is 46.7 Å². The number of hydrogen-bond acceptors (Lipinski definition) is 5. The second kappa shape index (κ2) is 14.1. The van der Waals surface area contributed by atoms with Crippen LogP contribution < -0.4 is 10.6 Å². The smallest absolute Gasteiger partial charge is 0.408 e. The summed E-state index contributed by atoms with van der Waals surface area (Å²) < 4.78 is 5.36. The number of thiol groups is 1. The van der Waals surface area contributed by atoms with Gasteiger partial charge in [-0.05, 0) is 63.3 Å². The summed E-state index contributed by atoms with van der Waals surface area (Å²) in [6.07, 6.45) is 0.831. The molecule has 0 aliphatic heterocycles. The van der Waals surface area contributed by atoms with Gasteiger partial charge in [0.25, 0.3) is 0 Å². The molecule has 2 rings (SSSR count). The SMILES string of the molecule is CCCCN(C(=O)C(CS)NC(=O)OC(C)(C)C)C(C(=O)NCc1ccccc1)c1cccc(C)c1C. The molecule has 2 aromatic carbocycles. The highest BCUT2D eigenvalue weighted by Gasteiger charge is 2.36. The molecular weight excluding hydrogens is 486 g/mol. The first-order valence-corrected chi connectivity index (χ1v) is 13.4. The molecule has 0 aromatic heterocycles. The summed E-state index contributed by atoms with van der Waals surface area (Å²) in [7, 11) is 0. The minimum absolute atomic E-state index is 0.0614. The lowest BCUT2D eigenvalue weighted by molar-refractivity contribution is -0.142. The van der Waals surface area contributed by atoms with Crippen molar-refractivity contribution in [3.63, 3.8) is 0 Å². The molecule has 0 saturated carbocycles. The largest absolute Gasteiger partial charge is 0.444 e. The van der Waals surface area contributed by atoms with Gasteiger partial charge in [0.15, 0.2) is 0 Å². The quantitative estimate of drug-likeness (QED) is 0.354. The fraction of sp³-hybridized carbons (Fsp3) is 0.483. The van der Waals surface area contributed by atoms with Crippen LogP contribution in [0, 0.1) is 13.8 Å². The van der Waals surface area contributed by atoms with Gasteiger partial charge in [-0.1, -0.05) is 61.9 Å². The Balaban J connectivity index is 2.45. The maximum atomic E-state index is 13.9. The molecule has 37 heavy (non-hydrogen) atoms. The van der Waals surface area contributed by atoms with Gasteiger partial charge in [0.1, 0.15) is 17.7 Å². The van der Waals surface area contributed by atoms with Crippen LogP contribution in [0.15, 0.2) is 48.5 Å². The molecule has 0 fully saturated rings. The van der Waals surface area contributed by atoms with E-state index in [1.54, 1.807) is 25.7 Å². The van der Waals surface area contributed by atoms with Crippen LogP contribution in [-0.2, 0) is 20.9 Å². The van der Waals surface area contributed by atoms with E-state index in [9.17, 15) is 14.4 Å². The highest BCUT2D eigenvalue weighted by Crippen LogP contribution is 2.28. The van der Waals surface area contributed by atoms with Gasteiger partial charge in [0.05, 0.1) is 0 Å². The number of carbonyl (C=O) groups is 3. The summed E-state index contributed by atoms with van der Waals surface area (Å²) in [5.74, 6) is -0.599. The van der Waals surface area contributed by atoms with Crippen LogP contribution in [0.5, 0.6) is 0 Å². The molecule has 2 N–H and O–H groups in total. The van der Waals surface area contributed by atoms with E-state index < -0.39 is 23.8 Å². The van der Waals surface area contributed by atoms with E-state index in [1.807, 2.05) is 69.3 Å². The minimum Gasteiger partial charge on any atom is -0.444 e. The lowest BCUT2D eigenvalue weighted by Gasteiger charge is -2.35. The topological polar surface area (TPSA) is 87.7 Å². The van der Waals surface area contributed by atoms with E-state index in [0.717, 1.165) is 28.7 Å². The molecule has 8 heteroatoms. The fourth-order valence-electron chi connectivity index (χ4n) is 3.93. The first-order chi connectivity index (χ1) is 17.5. The number of nitrogens with one attached hydrogen (secondary N) is 2. The standard InChI is InChI=1S/C29H41N3O4S/c1-7-8-17-32(27(34)24(19-37)31-28(35)36-29(4,5)6)25(23-16-12-13-20(2)21(23)3)26(33)30-18-22-14-10-9-11-15-22/h9-16,24-25,37H,7-8,17-19H2,1-6H3,(H,30,33)(H,31,35). The Morgan fingerprint density at radius 1 is 1.03 bits per heavy atom. The number of carbonyl (C=O) groups excluding carboxylic acids is 3. The Kier molecular flexibility index (Phi) is 11.5. The molecule has 0 heterocycles. The highest BCUT2D eigenvalue weighted by atomic mass is 32.1. The number of unbranched alkanes of at least 4 members (excludes halogenated alkanes) is 1. The van der Waals surface area contributed by atoms with Gasteiger partial charge in [-0.15, -0.1) is 0 Å². The van der Waals surface area contributed by atoms with E-state index in [4.69, 9.17) is 4.74 Å². The Morgan fingerprint density at radius 2 is 1.70 bits per heavy atom. The molecule has 0 bridgehead atoms. The Bertz CT molecular complexity index is 1050. The fourth-order valence-corrected chi connectivity index (χ4v) is 4.18. The number of benzene rings is 2. The number of nitrogens with zero attached hydrogens (tertiary/aromatic N) is 1. The molecule has 0 saturated heterocycles. The van der Waals surface area contributed by atoms with Gasteiger partial charge in [-0.2, -0.15) is 12.6 Å². The molecule has 202 valence electrons. The lowest BCUT2D eigenvalue weighted by atomic mass is 9.95.